The van der Waals surface area contributed by atoms with Crippen LogP contribution >= 0.6 is 7.75 Å². The van der Waals surface area contributed by atoms with Crippen molar-refractivity contribution < 1.29 is 27.9 Å². The minimum absolute atomic E-state index is 0.0391. The van der Waals surface area contributed by atoms with Crippen molar-refractivity contribution in [3.05, 3.63) is 60.7 Å². The second-order valence-electron chi connectivity index (χ2n) is 8.34. The van der Waals surface area contributed by atoms with Gasteiger partial charge in [-0.25, -0.2) is 24.1 Å². The molecule has 0 bridgehead atoms. The number of methoxy groups -OCH3 is 1. The minimum atomic E-state index is -3.89. The second-order valence-corrected chi connectivity index (χ2v) is 10.1. The summed E-state index contributed by atoms with van der Waals surface area (Å²) in [4.78, 5) is 19.2. The molecule has 3 atom stereocenters. The van der Waals surface area contributed by atoms with Crippen molar-refractivity contribution in [1.29, 1.82) is 0 Å². The Morgan fingerprint density at radius 2 is 1.90 bits per heavy atom. The van der Waals surface area contributed by atoms with Gasteiger partial charge >= 0.3 is 7.75 Å². The van der Waals surface area contributed by atoms with E-state index in [1.165, 1.54) is 6.33 Å². The molecule has 210 valence electrons. The maximum atomic E-state index is 13.5. The average Bonchev–Trinajstić information content (AvgIpc) is 3.40. The smallest absolute Gasteiger partial charge is 0.413 e. The molecule has 3 unspecified atom stereocenters. The van der Waals surface area contributed by atoms with Gasteiger partial charge in [0.05, 0.1) is 37.3 Å². The zero-order valence-corrected chi connectivity index (χ0v) is 23.4. The standard InChI is InChI=1S/C23H27N6O5P.C3H8O/c1-3-18(33-16(2)20-13-25-23-22(24)26-15-27-29(20)23)14-32-35(31,28-11-12-30)34-21-10-6-8-17-7-4-5-9-19(17)21;1-3-4-2/h4-10,12-13,15-16,18H,3,11,14H2,1-2H3,(H,28,31)(H2,24,26,27);3H2,1-2H3. The van der Waals surface area contributed by atoms with Crippen LogP contribution in [0.3, 0.4) is 0 Å². The molecule has 4 aromatic rings. The van der Waals surface area contributed by atoms with E-state index in [0.29, 0.717) is 29.8 Å². The van der Waals surface area contributed by atoms with Gasteiger partial charge in [-0.2, -0.15) is 5.10 Å². The number of ether oxygens (including phenoxy) is 2. The highest BCUT2D eigenvalue weighted by atomic mass is 31.2. The van der Waals surface area contributed by atoms with Crippen LogP contribution in [0.5, 0.6) is 5.75 Å². The minimum Gasteiger partial charge on any atom is -0.413 e. The predicted molar refractivity (Wildman–Crippen MR) is 149 cm³/mol. The van der Waals surface area contributed by atoms with Gasteiger partial charge in [0.1, 0.15) is 18.4 Å². The van der Waals surface area contributed by atoms with Crippen LogP contribution in [0, 0.1) is 0 Å². The van der Waals surface area contributed by atoms with Gasteiger partial charge in [0.25, 0.3) is 0 Å². The van der Waals surface area contributed by atoms with Gasteiger partial charge in [0.2, 0.25) is 0 Å². The second kappa shape index (κ2) is 14.7. The SMILES string of the molecule is CCC(COP(=O)(NCC=O)Oc1cccc2ccccc12)OC(C)c1cnc2c(N)ncnn12.CCOC. The van der Waals surface area contributed by atoms with E-state index in [-0.39, 0.29) is 19.0 Å². The van der Waals surface area contributed by atoms with Crippen molar-refractivity contribution >= 4 is 36.3 Å². The normalized spacial score (nSPS) is 14.3. The van der Waals surface area contributed by atoms with Gasteiger partial charge in [0.15, 0.2) is 11.5 Å². The van der Waals surface area contributed by atoms with E-state index in [9.17, 15) is 9.36 Å². The monoisotopic (exact) mass is 558 g/mol. The summed E-state index contributed by atoms with van der Waals surface area (Å²) in [5.41, 5.74) is 6.98. The molecule has 0 aliphatic heterocycles. The molecule has 0 radical (unpaired) electrons. The van der Waals surface area contributed by atoms with Gasteiger partial charge < -0.3 is 24.5 Å². The molecule has 2 aromatic carbocycles. The molecule has 0 saturated carbocycles. The maximum absolute atomic E-state index is 13.5. The Morgan fingerprint density at radius 3 is 2.62 bits per heavy atom. The lowest BCUT2D eigenvalue weighted by molar-refractivity contribution is -0.107. The Balaban J connectivity index is 0.000000983. The first kappa shape index (κ1) is 30.1. The molecule has 0 aliphatic rings. The van der Waals surface area contributed by atoms with Gasteiger partial charge in [-0.15, -0.1) is 0 Å². The van der Waals surface area contributed by atoms with Crippen LogP contribution in [0.15, 0.2) is 55.0 Å². The summed E-state index contributed by atoms with van der Waals surface area (Å²) >= 11 is 0. The third kappa shape index (κ3) is 8.04. The van der Waals surface area contributed by atoms with Crippen LogP contribution in [-0.2, 0) is 23.4 Å². The Hall–Kier alpha value is -3.41. The van der Waals surface area contributed by atoms with E-state index in [4.69, 9.17) is 19.5 Å². The number of hydrogen-bond donors (Lipinski definition) is 2. The Morgan fingerprint density at radius 1 is 1.15 bits per heavy atom. The summed E-state index contributed by atoms with van der Waals surface area (Å²) in [5.74, 6) is 0.650. The number of imidazole rings is 1. The van der Waals surface area contributed by atoms with Gasteiger partial charge in [-0.1, -0.05) is 43.3 Å². The highest BCUT2D eigenvalue weighted by Gasteiger charge is 2.29. The Bertz CT molecular complexity index is 1390. The van der Waals surface area contributed by atoms with Crippen molar-refractivity contribution in [3.8, 4) is 5.75 Å². The molecule has 2 aromatic heterocycles. The summed E-state index contributed by atoms with van der Waals surface area (Å²) in [6.07, 6.45) is 3.28. The lowest BCUT2D eigenvalue weighted by atomic mass is 10.1. The molecule has 13 heteroatoms. The summed E-state index contributed by atoms with van der Waals surface area (Å²) < 4.78 is 37.3. The van der Waals surface area contributed by atoms with Crippen LogP contribution in [0.25, 0.3) is 16.4 Å². The number of anilines is 1. The van der Waals surface area contributed by atoms with Gasteiger partial charge in [-0.3, -0.25) is 4.52 Å². The third-order valence-corrected chi connectivity index (χ3v) is 7.18. The number of nitrogens with one attached hydrogen (secondary N) is 1. The Labute approximate surface area is 227 Å². The fraction of sp³-hybridized carbons (Fsp3) is 0.385. The molecule has 0 aliphatic carbocycles. The number of fused-ring (bicyclic) bond motifs is 2. The van der Waals surface area contributed by atoms with Crippen LogP contribution < -0.4 is 15.3 Å². The molecule has 0 spiro atoms. The molecule has 39 heavy (non-hydrogen) atoms. The van der Waals surface area contributed by atoms with Crippen molar-refractivity contribution in [2.24, 2.45) is 0 Å². The zero-order valence-electron chi connectivity index (χ0n) is 22.5. The van der Waals surface area contributed by atoms with E-state index >= 15 is 0 Å². The fourth-order valence-corrected chi connectivity index (χ4v) is 4.87. The van der Waals surface area contributed by atoms with Crippen molar-refractivity contribution in [1.82, 2.24) is 24.7 Å². The number of nitrogens with zero attached hydrogens (tertiary/aromatic N) is 4. The molecule has 3 N–H and O–H groups in total. The number of carbonyl (C=O) groups excluding carboxylic acids is 1. The van der Waals surface area contributed by atoms with Crippen LogP contribution in [0.1, 0.15) is 39.0 Å². The lowest BCUT2D eigenvalue weighted by Crippen LogP contribution is -2.25. The highest BCUT2D eigenvalue weighted by molar-refractivity contribution is 7.52. The lowest BCUT2D eigenvalue weighted by Gasteiger charge is -2.24. The molecule has 0 fully saturated rings. The van der Waals surface area contributed by atoms with Gasteiger partial charge in [-0.05, 0) is 31.7 Å². The number of nitrogens with two attached hydrogens (primary N) is 1. The first-order valence-electron chi connectivity index (χ1n) is 12.5. The summed E-state index contributed by atoms with van der Waals surface area (Å²) in [7, 11) is -2.21. The quantitative estimate of drug-likeness (QED) is 0.178. The number of rotatable bonds is 13. The van der Waals surface area contributed by atoms with E-state index in [1.807, 2.05) is 51.1 Å². The molecule has 4 rings (SSSR count). The summed E-state index contributed by atoms with van der Waals surface area (Å²) in [6, 6.07) is 13.0. The highest BCUT2D eigenvalue weighted by Crippen LogP contribution is 2.46. The zero-order chi connectivity index (χ0) is 28.3. The topological polar surface area (TPSA) is 152 Å². The number of benzene rings is 2. The summed E-state index contributed by atoms with van der Waals surface area (Å²) in [5, 5.41) is 8.48. The fourth-order valence-electron chi connectivity index (χ4n) is 3.58. The van der Waals surface area contributed by atoms with E-state index in [0.717, 1.165) is 17.4 Å². The van der Waals surface area contributed by atoms with Gasteiger partial charge in [0, 0.05) is 19.1 Å². The van der Waals surface area contributed by atoms with Crippen molar-refractivity contribution in [2.45, 2.75) is 39.4 Å². The number of aldehydes is 1. The molecule has 0 saturated heterocycles. The van der Waals surface area contributed by atoms with Crippen molar-refractivity contribution in [3.63, 3.8) is 0 Å². The van der Waals surface area contributed by atoms with Crippen LogP contribution in [-0.4, -0.2) is 58.8 Å². The molecular weight excluding hydrogens is 523 g/mol. The number of aromatic nitrogens is 4. The predicted octanol–water partition coefficient (Wildman–Crippen LogP) is 4.36. The number of carbonyl (C=O) groups is 1. The molecule has 2 heterocycles. The first-order chi connectivity index (χ1) is 18.9. The number of hydrogen-bond acceptors (Lipinski definition) is 10. The first-order valence-corrected chi connectivity index (χ1v) is 14.1. The largest absolute Gasteiger partial charge is 0.459 e. The van der Waals surface area contributed by atoms with E-state index < -0.39 is 20.0 Å². The van der Waals surface area contributed by atoms with Crippen LogP contribution in [0.4, 0.5) is 5.82 Å². The van der Waals surface area contributed by atoms with E-state index in [1.54, 1.807) is 30.0 Å². The molecule has 12 nitrogen and oxygen atoms in total. The summed E-state index contributed by atoms with van der Waals surface area (Å²) in [6.45, 7) is 6.31. The van der Waals surface area contributed by atoms with Crippen LogP contribution in [0.2, 0.25) is 0 Å². The Kier molecular flexibility index (Phi) is 11.3. The average molecular weight is 559 g/mol. The molecule has 0 amide bonds. The maximum Gasteiger partial charge on any atom is 0.459 e. The van der Waals surface area contributed by atoms with Crippen molar-refractivity contribution in [2.75, 3.05) is 32.6 Å². The number of nitrogen functional groups attached to an aromatic ring is 1. The molecular formula is C26H35N6O6P. The third-order valence-electron chi connectivity index (χ3n) is 5.68. The van der Waals surface area contributed by atoms with E-state index in [2.05, 4.69) is 24.9 Å².